The third kappa shape index (κ3) is 3.42. The molecule has 0 unspecified atom stereocenters. The van der Waals surface area contributed by atoms with E-state index in [1.54, 1.807) is 0 Å². The molecule has 0 aromatic heterocycles. The SMILES string of the molecule is OCCNCC(c1ccccc1)c1ccccc1. The number of rotatable bonds is 6. The fourth-order valence-corrected chi connectivity index (χ4v) is 2.12. The molecule has 0 fully saturated rings. The van der Waals surface area contributed by atoms with Crippen LogP contribution >= 0.6 is 0 Å². The normalized spacial score (nSPS) is 10.8. The topological polar surface area (TPSA) is 32.3 Å². The van der Waals surface area contributed by atoms with Gasteiger partial charge < -0.3 is 10.4 Å². The van der Waals surface area contributed by atoms with Crippen LogP contribution in [0.1, 0.15) is 17.0 Å². The molecule has 18 heavy (non-hydrogen) atoms. The average Bonchev–Trinajstić information content (AvgIpc) is 2.46. The first-order valence-electron chi connectivity index (χ1n) is 6.33. The number of aliphatic hydroxyl groups is 1. The Morgan fingerprint density at radius 3 is 1.78 bits per heavy atom. The van der Waals surface area contributed by atoms with E-state index in [-0.39, 0.29) is 6.61 Å². The van der Waals surface area contributed by atoms with Crippen molar-refractivity contribution in [1.82, 2.24) is 5.32 Å². The van der Waals surface area contributed by atoms with Crippen LogP contribution < -0.4 is 5.32 Å². The average molecular weight is 241 g/mol. The van der Waals surface area contributed by atoms with Gasteiger partial charge in [-0.15, -0.1) is 0 Å². The van der Waals surface area contributed by atoms with Crippen molar-refractivity contribution in [2.45, 2.75) is 5.92 Å². The molecule has 0 saturated carbocycles. The summed E-state index contributed by atoms with van der Waals surface area (Å²) >= 11 is 0. The molecule has 0 bridgehead atoms. The van der Waals surface area contributed by atoms with Gasteiger partial charge in [0.25, 0.3) is 0 Å². The molecule has 0 heterocycles. The van der Waals surface area contributed by atoms with Crippen molar-refractivity contribution in [2.75, 3.05) is 19.7 Å². The molecule has 0 amide bonds. The molecule has 2 heteroatoms. The lowest BCUT2D eigenvalue weighted by Gasteiger charge is -2.18. The Morgan fingerprint density at radius 2 is 1.33 bits per heavy atom. The number of hydrogen-bond donors (Lipinski definition) is 2. The summed E-state index contributed by atoms with van der Waals surface area (Å²) in [6.07, 6.45) is 0. The van der Waals surface area contributed by atoms with Gasteiger partial charge in [0.15, 0.2) is 0 Å². The van der Waals surface area contributed by atoms with Crippen LogP contribution in [0.5, 0.6) is 0 Å². The van der Waals surface area contributed by atoms with E-state index in [0.29, 0.717) is 12.5 Å². The van der Waals surface area contributed by atoms with Gasteiger partial charge in [0.05, 0.1) is 6.61 Å². The molecule has 2 nitrogen and oxygen atoms in total. The third-order valence-electron chi connectivity index (χ3n) is 3.04. The van der Waals surface area contributed by atoms with Crippen molar-refractivity contribution in [2.24, 2.45) is 0 Å². The molecule has 0 aliphatic rings. The summed E-state index contributed by atoms with van der Waals surface area (Å²) in [6, 6.07) is 20.9. The first-order chi connectivity index (χ1) is 8.92. The molecule has 2 aromatic rings. The first kappa shape index (κ1) is 12.8. The van der Waals surface area contributed by atoms with Crippen LogP contribution in [0, 0.1) is 0 Å². The largest absolute Gasteiger partial charge is 0.395 e. The molecule has 0 radical (unpaired) electrons. The highest BCUT2D eigenvalue weighted by Crippen LogP contribution is 2.23. The maximum absolute atomic E-state index is 8.86. The van der Waals surface area contributed by atoms with Crippen LogP contribution in [0.15, 0.2) is 60.7 Å². The fraction of sp³-hybridized carbons (Fsp3) is 0.250. The smallest absolute Gasteiger partial charge is 0.0555 e. The minimum atomic E-state index is 0.177. The third-order valence-corrected chi connectivity index (χ3v) is 3.04. The van der Waals surface area contributed by atoms with Gasteiger partial charge in [0, 0.05) is 19.0 Å². The lowest BCUT2D eigenvalue weighted by atomic mass is 9.91. The van der Waals surface area contributed by atoms with Gasteiger partial charge in [-0.2, -0.15) is 0 Å². The van der Waals surface area contributed by atoms with Crippen LogP contribution in [0.4, 0.5) is 0 Å². The zero-order valence-electron chi connectivity index (χ0n) is 10.4. The summed E-state index contributed by atoms with van der Waals surface area (Å²) in [5, 5.41) is 12.1. The van der Waals surface area contributed by atoms with E-state index < -0.39 is 0 Å². The zero-order chi connectivity index (χ0) is 12.6. The summed E-state index contributed by atoms with van der Waals surface area (Å²) in [4.78, 5) is 0. The maximum Gasteiger partial charge on any atom is 0.0555 e. The summed E-state index contributed by atoms with van der Waals surface area (Å²) in [5.74, 6) is 0.332. The molecule has 0 aliphatic carbocycles. The first-order valence-corrected chi connectivity index (χ1v) is 6.33. The lowest BCUT2D eigenvalue weighted by Crippen LogP contribution is -2.25. The van der Waals surface area contributed by atoms with Crippen molar-refractivity contribution in [3.05, 3.63) is 71.8 Å². The van der Waals surface area contributed by atoms with Gasteiger partial charge in [-0.05, 0) is 11.1 Å². The Bertz CT molecular complexity index is 402. The molecule has 0 aliphatic heterocycles. The van der Waals surface area contributed by atoms with Crippen LogP contribution in [0.2, 0.25) is 0 Å². The standard InChI is InChI=1S/C16H19NO/c18-12-11-17-13-16(14-7-3-1-4-8-14)15-9-5-2-6-10-15/h1-10,16-18H,11-13H2. The summed E-state index contributed by atoms with van der Waals surface area (Å²) in [5.41, 5.74) is 2.60. The fourth-order valence-electron chi connectivity index (χ4n) is 2.12. The molecule has 94 valence electrons. The van der Waals surface area contributed by atoms with E-state index in [2.05, 4.69) is 53.8 Å². The summed E-state index contributed by atoms with van der Waals surface area (Å²) < 4.78 is 0. The minimum Gasteiger partial charge on any atom is -0.395 e. The number of benzene rings is 2. The Hall–Kier alpha value is -1.64. The van der Waals surface area contributed by atoms with Crippen LogP contribution in [0.25, 0.3) is 0 Å². The van der Waals surface area contributed by atoms with E-state index in [0.717, 1.165) is 6.54 Å². The van der Waals surface area contributed by atoms with E-state index in [1.807, 2.05) is 12.1 Å². The highest BCUT2D eigenvalue weighted by molar-refractivity contribution is 5.32. The van der Waals surface area contributed by atoms with Gasteiger partial charge in [-0.1, -0.05) is 60.7 Å². The van der Waals surface area contributed by atoms with Crippen LogP contribution in [-0.4, -0.2) is 24.8 Å². The Labute approximate surface area is 108 Å². The van der Waals surface area contributed by atoms with E-state index >= 15 is 0 Å². The Morgan fingerprint density at radius 1 is 0.833 bits per heavy atom. The molecule has 0 atom stereocenters. The second-order valence-electron chi connectivity index (χ2n) is 4.30. The molecule has 0 saturated heterocycles. The van der Waals surface area contributed by atoms with Crippen molar-refractivity contribution in [1.29, 1.82) is 0 Å². The number of nitrogens with one attached hydrogen (secondary N) is 1. The monoisotopic (exact) mass is 241 g/mol. The second kappa shape index (κ2) is 6.94. The molecular weight excluding hydrogens is 222 g/mol. The predicted octanol–water partition coefficient (Wildman–Crippen LogP) is 2.40. The number of hydrogen-bond acceptors (Lipinski definition) is 2. The minimum absolute atomic E-state index is 0.177. The van der Waals surface area contributed by atoms with Crippen molar-refractivity contribution >= 4 is 0 Å². The highest BCUT2D eigenvalue weighted by Gasteiger charge is 2.12. The van der Waals surface area contributed by atoms with Crippen molar-refractivity contribution in [3.8, 4) is 0 Å². The Kier molecular flexibility index (Phi) is 4.94. The van der Waals surface area contributed by atoms with Gasteiger partial charge in [0.1, 0.15) is 0 Å². The molecule has 0 spiro atoms. The van der Waals surface area contributed by atoms with Crippen LogP contribution in [-0.2, 0) is 0 Å². The molecular formula is C16H19NO. The Balaban J connectivity index is 2.18. The van der Waals surface area contributed by atoms with Gasteiger partial charge in [-0.25, -0.2) is 0 Å². The van der Waals surface area contributed by atoms with E-state index in [1.165, 1.54) is 11.1 Å². The van der Waals surface area contributed by atoms with Gasteiger partial charge in [0.2, 0.25) is 0 Å². The van der Waals surface area contributed by atoms with Crippen molar-refractivity contribution < 1.29 is 5.11 Å². The zero-order valence-corrected chi connectivity index (χ0v) is 10.4. The van der Waals surface area contributed by atoms with Crippen molar-refractivity contribution in [3.63, 3.8) is 0 Å². The maximum atomic E-state index is 8.86. The van der Waals surface area contributed by atoms with E-state index in [4.69, 9.17) is 5.11 Å². The predicted molar refractivity (Wildman–Crippen MR) is 74.7 cm³/mol. The highest BCUT2D eigenvalue weighted by atomic mass is 16.3. The summed E-state index contributed by atoms with van der Waals surface area (Å²) in [6.45, 7) is 1.65. The van der Waals surface area contributed by atoms with Crippen LogP contribution in [0.3, 0.4) is 0 Å². The number of aliphatic hydroxyl groups excluding tert-OH is 1. The molecule has 2 aromatic carbocycles. The van der Waals surface area contributed by atoms with Gasteiger partial charge >= 0.3 is 0 Å². The lowest BCUT2D eigenvalue weighted by molar-refractivity contribution is 0.292. The molecule has 2 rings (SSSR count). The second-order valence-corrected chi connectivity index (χ2v) is 4.30. The quantitative estimate of drug-likeness (QED) is 0.761. The molecule has 2 N–H and O–H groups in total. The summed E-state index contributed by atoms with van der Waals surface area (Å²) in [7, 11) is 0. The van der Waals surface area contributed by atoms with Gasteiger partial charge in [-0.3, -0.25) is 0 Å². The van der Waals surface area contributed by atoms with E-state index in [9.17, 15) is 0 Å².